The smallest absolute Gasteiger partial charge is 0.0201 e. The molecule has 0 spiro atoms. The largest absolute Gasteiger partial charge is 0.325 e. The van der Waals surface area contributed by atoms with Crippen molar-refractivity contribution in [2.75, 3.05) is 0 Å². The van der Waals surface area contributed by atoms with Gasteiger partial charge in [0, 0.05) is 5.54 Å². The van der Waals surface area contributed by atoms with Crippen LogP contribution in [-0.2, 0) is 19.3 Å². The topological polar surface area (TPSA) is 26.0 Å². The Bertz CT molecular complexity index is 518. The Morgan fingerprint density at radius 1 is 1.17 bits per heavy atom. The summed E-state index contributed by atoms with van der Waals surface area (Å²) in [7, 11) is 0. The Kier molecular flexibility index (Phi) is 3.23. The van der Waals surface area contributed by atoms with Crippen molar-refractivity contribution in [2.24, 2.45) is 5.73 Å². The Morgan fingerprint density at radius 2 is 2.00 bits per heavy atom. The van der Waals surface area contributed by atoms with Crippen molar-refractivity contribution in [1.29, 1.82) is 0 Å². The zero-order valence-corrected chi connectivity index (χ0v) is 11.4. The zero-order chi connectivity index (χ0) is 12.4. The first-order valence-corrected chi connectivity index (χ1v) is 7.56. The summed E-state index contributed by atoms with van der Waals surface area (Å²) < 4.78 is 0. The molecule has 1 unspecified atom stereocenters. The second kappa shape index (κ2) is 4.87. The van der Waals surface area contributed by atoms with Crippen LogP contribution in [0.3, 0.4) is 0 Å². The second-order valence-corrected chi connectivity index (χ2v) is 6.22. The molecule has 2 heteroatoms. The Hall–Kier alpha value is -1.12. The molecule has 1 atom stereocenters. The van der Waals surface area contributed by atoms with Gasteiger partial charge in [0.05, 0.1) is 0 Å². The van der Waals surface area contributed by atoms with E-state index < -0.39 is 0 Å². The average Bonchev–Trinajstić information content (AvgIpc) is 2.90. The van der Waals surface area contributed by atoms with Gasteiger partial charge in [-0.3, -0.25) is 0 Å². The molecule has 2 N–H and O–H groups in total. The first-order chi connectivity index (χ1) is 8.75. The molecule has 0 saturated carbocycles. The molecule has 3 rings (SSSR count). The third-order valence-electron chi connectivity index (χ3n) is 4.04. The lowest BCUT2D eigenvalue weighted by Crippen LogP contribution is -2.45. The van der Waals surface area contributed by atoms with E-state index in [2.05, 4.69) is 41.1 Å². The molecule has 0 saturated heterocycles. The van der Waals surface area contributed by atoms with E-state index in [1.807, 2.05) is 0 Å². The van der Waals surface area contributed by atoms with Gasteiger partial charge in [0.25, 0.3) is 0 Å². The van der Waals surface area contributed by atoms with Crippen molar-refractivity contribution in [1.82, 2.24) is 0 Å². The summed E-state index contributed by atoms with van der Waals surface area (Å²) >= 11 is 1.77. The van der Waals surface area contributed by atoms with Crippen LogP contribution in [-0.4, -0.2) is 5.54 Å². The maximum Gasteiger partial charge on any atom is 0.0201 e. The summed E-state index contributed by atoms with van der Waals surface area (Å²) in [5, 5.41) is 4.38. The molecule has 2 aromatic rings. The van der Waals surface area contributed by atoms with Crippen molar-refractivity contribution < 1.29 is 0 Å². The highest BCUT2D eigenvalue weighted by Gasteiger charge is 2.29. The van der Waals surface area contributed by atoms with E-state index in [4.69, 9.17) is 5.73 Å². The predicted octanol–water partition coefficient (Wildman–Crippen LogP) is 3.57. The van der Waals surface area contributed by atoms with Gasteiger partial charge in [-0.15, -0.1) is 0 Å². The van der Waals surface area contributed by atoms with E-state index in [9.17, 15) is 0 Å². The number of rotatable bonds is 3. The molecule has 1 aromatic heterocycles. The highest BCUT2D eigenvalue weighted by atomic mass is 32.1. The number of benzene rings is 1. The molecule has 1 aliphatic carbocycles. The minimum atomic E-state index is -0.00368. The van der Waals surface area contributed by atoms with E-state index >= 15 is 0 Å². The van der Waals surface area contributed by atoms with Crippen molar-refractivity contribution in [3.8, 4) is 0 Å². The maximum absolute atomic E-state index is 6.59. The van der Waals surface area contributed by atoms with Gasteiger partial charge < -0.3 is 5.73 Å². The molecule has 1 nitrogen and oxygen atoms in total. The first kappa shape index (κ1) is 11.9. The van der Waals surface area contributed by atoms with Gasteiger partial charge in [-0.1, -0.05) is 24.3 Å². The lowest BCUT2D eigenvalue weighted by molar-refractivity contribution is 0.346. The summed E-state index contributed by atoms with van der Waals surface area (Å²) in [5.41, 5.74) is 11.0. The maximum atomic E-state index is 6.59. The van der Waals surface area contributed by atoms with Crippen molar-refractivity contribution in [2.45, 2.75) is 37.6 Å². The van der Waals surface area contributed by atoms with E-state index in [1.165, 1.54) is 16.7 Å². The minimum Gasteiger partial charge on any atom is -0.325 e. The fourth-order valence-corrected chi connectivity index (χ4v) is 3.57. The lowest BCUT2D eigenvalue weighted by atomic mass is 9.76. The summed E-state index contributed by atoms with van der Waals surface area (Å²) in [5.74, 6) is 0. The normalized spacial score (nSPS) is 22.7. The average molecular weight is 257 g/mol. The quantitative estimate of drug-likeness (QED) is 0.894. The van der Waals surface area contributed by atoms with Crippen LogP contribution in [0.1, 0.15) is 29.5 Å². The molecule has 1 aliphatic rings. The third kappa shape index (κ3) is 2.50. The second-order valence-electron chi connectivity index (χ2n) is 5.44. The molecule has 0 bridgehead atoms. The number of hydrogen-bond acceptors (Lipinski definition) is 2. The van der Waals surface area contributed by atoms with Crippen LogP contribution in [0.25, 0.3) is 0 Å². The van der Waals surface area contributed by atoms with Gasteiger partial charge in [-0.2, -0.15) is 11.3 Å². The summed E-state index contributed by atoms with van der Waals surface area (Å²) in [6.45, 7) is 0. The predicted molar refractivity (Wildman–Crippen MR) is 78.0 cm³/mol. The summed E-state index contributed by atoms with van der Waals surface area (Å²) in [6, 6.07) is 11.0. The fourth-order valence-electron chi connectivity index (χ4n) is 2.87. The van der Waals surface area contributed by atoms with E-state index in [0.717, 1.165) is 32.1 Å². The fraction of sp³-hybridized carbons (Fsp3) is 0.375. The van der Waals surface area contributed by atoms with Crippen molar-refractivity contribution in [3.63, 3.8) is 0 Å². The SMILES string of the molecule is NC1(CCc2ccsc2)CCc2ccccc2C1. The molecular formula is C16H19NS. The minimum absolute atomic E-state index is 0.00368. The third-order valence-corrected chi connectivity index (χ3v) is 4.78. The Morgan fingerprint density at radius 3 is 2.78 bits per heavy atom. The highest BCUT2D eigenvalue weighted by molar-refractivity contribution is 7.07. The summed E-state index contributed by atoms with van der Waals surface area (Å²) in [6.07, 6.45) is 5.50. The molecule has 1 aromatic carbocycles. The number of aryl methyl sites for hydroxylation is 2. The Balaban J connectivity index is 1.69. The molecule has 0 amide bonds. The van der Waals surface area contributed by atoms with Crippen LogP contribution in [0.4, 0.5) is 0 Å². The molecule has 94 valence electrons. The molecule has 1 heterocycles. The van der Waals surface area contributed by atoms with Crippen molar-refractivity contribution in [3.05, 3.63) is 57.8 Å². The van der Waals surface area contributed by atoms with Crippen molar-refractivity contribution >= 4 is 11.3 Å². The van der Waals surface area contributed by atoms with E-state index in [0.29, 0.717) is 0 Å². The highest BCUT2D eigenvalue weighted by Crippen LogP contribution is 2.30. The van der Waals surface area contributed by atoms with Gasteiger partial charge in [0.15, 0.2) is 0 Å². The van der Waals surface area contributed by atoms with Gasteiger partial charge in [-0.05, 0) is 65.6 Å². The number of fused-ring (bicyclic) bond motifs is 1. The monoisotopic (exact) mass is 257 g/mol. The van der Waals surface area contributed by atoms with Gasteiger partial charge in [0.1, 0.15) is 0 Å². The van der Waals surface area contributed by atoms with Crippen LogP contribution in [0, 0.1) is 0 Å². The molecule has 0 radical (unpaired) electrons. The standard InChI is InChI=1S/C16H19NS/c17-16(8-5-13-7-10-18-12-13)9-6-14-3-1-2-4-15(14)11-16/h1-4,7,10,12H,5-6,8-9,11,17H2. The zero-order valence-electron chi connectivity index (χ0n) is 10.6. The van der Waals surface area contributed by atoms with Crippen LogP contribution in [0.15, 0.2) is 41.1 Å². The van der Waals surface area contributed by atoms with Crippen LogP contribution in [0.2, 0.25) is 0 Å². The van der Waals surface area contributed by atoms with Crippen LogP contribution < -0.4 is 5.73 Å². The van der Waals surface area contributed by atoms with Gasteiger partial charge in [-0.25, -0.2) is 0 Å². The van der Waals surface area contributed by atoms with Gasteiger partial charge in [0.2, 0.25) is 0 Å². The van der Waals surface area contributed by atoms with Crippen LogP contribution in [0.5, 0.6) is 0 Å². The number of nitrogens with two attached hydrogens (primary N) is 1. The number of hydrogen-bond donors (Lipinski definition) is 1. The molecule has 0 aliphatic heterocycles. The molecule has 18 heavy (non-hydrogen) atoms. The number of thiophene rings is 1. The summed E-state index contributed by atoms with van der Waals surface area (Å²) in [4.78, 5) is 0. The van der Waals surface area contributed by atoms with E-state index in [-0.39, 0.29) is 5.54 Å². The van der Waals surface area contributed by atoms with Gasteiger partial charge >= 0.3 is 0 Å². The molecule has 0 fully saturated rings. The molecular weight excluding hydrogens is 238 g/mol. The lowest BCUT2D eigenvalue weighted by Gasteiger charge is -2.35. The van der Waals surface area contributed by atoms with E-state index in [1.54, 1.807) is 11.3 Å². The first-order valence-electron chi connectivity index (χ1n) is 6.62. The van der Waals surface area contributed by atoms with Crippen LogP contribution >= 0.6 is 11.3 Å². The Labute approximate surface area is 113 Å².